The van der Waals surface area contributed by atoms with E-state index in [0.29, 0.717) is 12.1 Å². The van der Waals surface area contributed by atoms with Crippen LogP contribution in [0.2, 0.25) is 0 Å². The summed E-state index contributed by atoms with van der Waals surface area (Å²) in [6.07, 6.45) is 8.61. The van der Waals surface area contributed by atoms with Gasteiger partial charge in [0.1, 0.15) is 6.17 Å². The van der Waals surface area contributed by atoms with E-state index in [-0.39, 0.29) is 6.17 Å². The Morgan fingerprint density at radius 3 is 2.88 bits per heavy atom. The molecule has 0 saturated heterocycles. The second-order valence-electron chi connectivity index (χ2n) is 3.55. The van der Waals surface area contributed by atoms with Crippen LogP contribution >= 0.6 is 0 Å². The maximum Gasteiger partial charge on any atom is 0.113 e. The largest absolute Gasteiger partial charge is 0.353 e. The standard InChI is InChI=1S/C12H12N4/c13-8-11-2-1-7-16(12(11)14)9-10-3-5-15-6-4-10/h1-7,12H,9,14H2. The van der Waals surface area contributed by atoms with Crippen LogP contribution in [0.1, 0.15) is 5.56 Å². The predicted octanol–water partition coefficient (Wildman–Crippen LogP) is 1.15. The van der Waals surface area contributed by atoms with Gasteiger partial charge in [0, 0.05) is 25.1 Å². The monoisotopic (exact) mass is 212 g/mol. The number of hydrogen-bond acceptors (Lipinski definition) is 4. The van der Waals surface area contributed by atoms with Gasteiger partial charge in [-0.15, -0.1) is 0 Å². The molecule has 4 heteroatoms. The molecule has 0 spiro atoms. The van der Waals surface area contributed by atoms with E-state index in [9.17, 15) is 0 Å². The number of allylic oxidation sites excluding steroid dienone is 2. The van der Waals surface area contributed by atoms with Gasteiger partial charge >= 0.3 is 0 Å². The van der Waals surface area contributed by atoms with Crippen molar-refractivity contribution in [2.24, 2.45) is 5.73 Å². The van der Waals surface area contributed by atoms with Gasteiger partial charge in [0.2, 0.25) is 0 Å². The molecule has 16 heavy (non-hydrogen) atoms. The van der Waals surface area contributed by atoms with Gasteiger partial charge < -0.3 is 10.6 Å². The Hall–Kier alpha value is -2.12. The molecule has 1 aromatic heterocycles. The Morgan fingerprint density at radius 2 is 2.19 bits per heavy atom. The third kappa shape index (κ3) is 2.10. The molecule has 2 rings (SSSR count). The molecule has 0 aromatic carbocycles. The number of pyridine rings is 1. The van der Waals surface area contributed by atoms with Crippen molar-refractivity contribution in [3.8, 4) is 6.07 Å². The molecule has 1 unspecified atom stereocenters. The summed E-state index contributed by atoms with van der Waals surface area (Å²) in [6.45, 7) is 0.680. The molecule has 1 aromatic rings. The SMILES string of the molecule is N#CC1=CC=CN(Cc2ccncc2)C1N. The lowest BCUT2D eigenvalue weighted by Crippen LogP contribution is -2.40. The van der Waals surface area contributed by atoms with E-state index < -0.39 is 0 Å². The molecule has 4 nitrogen and oxygen atoms in total. The summed E-state index contributed by atoms with van der Waals surface area (Å²) in [7, 11) is 0. The van der Waals surface area contributed by atoms with Gasteiger partial charge in [0.05, 0.1) is 11.6 Å². The summed E-state index contributed by atoms with van der Waals surface area (Å²) < 4.78 is 0. The van der Waals surface area contributed by atoms with Crippen molar-refractivity contribution in [1.82, 2.24) is 9.88 Å². The average molecular weight is 212 g/mol. The van der Waals surface area contributed by atoms with Gasteiger partial charge in [0.15, 0.2) is 0 Å². The van der Waals surface area contributed by atoms with Crippen molar-refractivity contribution in [2.45, 2.75) is 12.7 Å². The first-order valence-electron chi connectivity index (χ1n) is 5.00. The van der Waals surface area contributed by atoms with Crippen LogP contribution in [0.25, 0.3) is 0 Å². The van der Waals surface area contributed by atoms with Crippen LogP contribution < -0.4 is 5.73 Å². The second kappa shape index (κ2) is 4.60. The van der Waals surface area contributed by atoms with E-state index in [2.05, 4.69) is 11.1 Å². The lowest BCUT2D eigenvalue weighted by molar-refractivity contribution is 0.306. The Morgan fingerprint density at radius 1 is 1.44 bits per heavy atom. The third-order valence-electron chi connectivity index (χ3n) is 2.47. The van der Waals surface area contributed by atoms with Gasteiger partial charge in [-0.2, -0.15) is 5.26 Å². The summed E-state index contributed by atoms with van der Waals surface area (Å²) in [4.78, 5) is 5.88. The predicted molar refractivity (Wildman–Crippen MR) is 60.6 cm³/mol. The topological polar surface area (TPSA) is 65.9 Å². The molecule has 0 radical (unpaired) electrons. The zero-order valence-electron chi connectivity index (χ0n) is 8.74. The van der Waals surface area contributed by atoms with Crippen molar-refractivity contribution in [1.29, 1.82) is 5.26 Å². The molecule has 80 valence electrons. The summed E-state index contributed by atoms with van der Waals surface area (Å²) in [5, 5.41) is 8.88. The summed E-state index contributed by atoms with van der Waals surface area (Å²) in [5.41, 5.74) is 7.65. The average Bonchev–Trinajstić information content (AvgIpc) is 2.33. The van der Waals surface area contributed by atoms with E-state index >= 15 is 0 Å². The van der Waals surface area contributed by atoms with Crippen LogP contribution in [0.4, 0.5) is 0 Å². The van der Waals surface area contributed by atoms with E-state index in [0.717, 1.165) is 5.56 Å². The van der Waals surface area contributed by atoms with Crippen molar-refractivity contribution in [3.63, 3.8) is 0 Å². The Labute approximate surface area is 94.3 Å². The molecule has 1 aliphatic rings. The molecule has 2 heterocycles. The lowest BCUT2D eigenvalue weighted by atomic mass is 10.1. The van der Waals surface area contributed by atoms with E-state index in [1.807, 2.05) is 29.3 Å². The van der Waals surface area contributed by atoms with Gasteiger partial charge in [-0.3, -0.25) is 4.98 Å². The number of hydrogen-bond donors (Lipinski definition) is 1. The molecule has 0 bridgehead atoms. The maximum absolute atomic E-state index is 8.88. The first-order valence-corrected chi connectivity index (χ1v) is 5.00. The number of nitriles is 1. The fourth-order valence-corrected chi connectivity index (χ4v) is 1.58. The molecule has 1 aliphatic heterocycles. The van der Waals surface area contributed by atoms with Crippen LogP contribution in [0.3, 0.4) is 0 Å². The fourth-order valence-electron chi connectivity index (χ4n) is 1.58. The summed E-state index contributed by atoms with van der Waals surface area (Å²) >= 11 is 0. The van der Waals surface area contributed by atoms with Crippen LogP contribution in [0, 0.1) is 11.3 Å². The Kier molecular flexibility index (Phi) is 2.99. The van der Waals surface area contributed by atoms with E-state index in [1.54, 1.807) is 18.5 Å². The highest BCUT2D eigenvalue weighted by atomic mass is 15.2. The van der Waals surface area contributed by atoms with Crippen LogP contribution in [0.15, 0.2) is 48.5 Å². The molecular formula is C12H12N4. The minimum atomic E-state index is -0.358. The third-order valence-corrected chi connectivity index (χ3v) is 2.47. The normalized spacial score (nSPS) is 19.1. The van der Waals surface area contributed by atoms with Crippen LogP contribution in [-0.2, 0) is 6.54 Å². The minimum absolute atomic E-state index is 0.358. The molecule has 1 atom stereocenters. The maximum atomic E-state index is 8.88. The number of aromatic nitrogens is 1. The van der Waals surface area contributed by atoms with Crippen LogP contribution in [-0.4, -0.2) is 16.0 Å². The molecular weight excluding hydrogens is 200 g/mol. The van der Waals surface area contributed by atoms with E-state index in [4.69, 9.17) is 11.0 Å². The molecule has 0 saturated carbocycles. The smallest absolute Gasteiger partial charge is 0.113 e. The highest BCUT2D eigenvalue weighted by Gasteiger charge is 2.17. The first-order chi connectivity index (χ1) is 7.81. The van der Waals surface area contributed by atoms with Gasteiger partial charge in [-0.05, 0) is 29.8 Å². The van der Waals surface area contributed by atoms with E-state index in [1.165, 1.54) is 0 Å². The Bertz CT molecular complexity index is 456. The molecule has 2 N–H and O–H groups in total. The van der Waals surface area contributed by atoms with Crippen molar-refractivity contribution >= 4 is 0 Å². The highest BCUT2D eigenvalue weighted by Crippen LogP contribution is 2.14. The van der Waals surface area contributed by atoms with Crippen molar-refractivity contribution in [2.75, 3.05) is 0 Å². The van der Waals surface area contributed by atoms with Gasteiger partial charge in [0.25, 0.3) is 0 Å². The quantitative estimate of drug-likeness (QED) is 0.798. The minimum Gasteiger partial charge on any atom is -0.353 e. The number of nitrogens with zero attached hydrogens (tertiary/aromatic N) is 3. The zero-order valence-corrected chi connectivity index (χ0v) is 8.74. The fraction of sp³-hybridized carbons (Fsp3) is 0.167. The molecule has 0 fully saturated rings. The first kappa shape index (κ1) is 10.4. The number of nitrogens with two attached hydrogens (primary N) is 1. The second-order valence-corrected chi connectivity index (χ2v) is 3.55. The number of rotatable bonds is 2. The molecule has 0 aliphatic carbocycles. The zero-order chi connectivity index (χ0) is 11.4. The van der Waals surface area contributed by atoms with Crippen molar-refractivity contribution < 1.29 is 0 Å². The van der Waals surface area contributed by atoms with Crippen molar-refractivity contribution in [3.05, 3.63) is 54.0 Å². The Balaban J connectivity index is 2.11. The lowest BCUT2D eigenvalue weighted by Gasteiger charge is -2.29. The highest BCUT2D eigenvalue weighted by molar-refractivity contribution is 5.33. The van der Waals surface area contributed by atoms with Gasteiger partial charge in [-0.1, -0.05) is 0 Å². The summed E-state index contributed by atoms with van der Waals surface area (Å²) in [6, 6.07) is 5.97. The van der Waals surface area contributed by atoms with Crippen LogP contribution in [0.5, 0.6) is 0 Å². The van der Waals surface area contributed by atoms with Gasteiger partial charge in [-0.25, -0.2) is 0 Å². The molecule has 0 amide bonds. The summed E-state index contributed by atoms with van der Waals surface area (Å²) in [5.74, 6) is 0.